The predicted molar refractivity (Wildman–Crippen MR) is 102 cm³/mol. The molecule has 0 bridgehead atoms. The first-order chi connectivity index (χ1) is 13.5. The van der Waals surface area contributed by atoms with Crippen molar-refractivity contribution in [1.82, 2.24) is 19.9 Å². The molecule has 1 N–H and O–H groups in total. The Labute approximate surface area is 161 Å². The highest BCUT2D eigenvalue weighted by molar-refractivity contribution is 7.92. The van der Waals surface area contributed by atoms with Gasteiger partial charge in [-0.3, -0.25) is 9.40 Å². The summed E-state index contributed by atoms with van der Waals surface area (Å²) in [6.07, 6.45) is 4.78. The number of aromatic nitrogens is 4. The standard InChI is InChI=1S/C18H17N5O4S/c1-13-17-11-16(12-19-18(17)27-21-13)28(24,25)22-14-4-2-5-15(10-14)26-9-8-23-7-3-6-20-23/h2-7,10-12,22H,8-9H2,1H3. The van der Waals surface area contributed by atoms with Crippen molar-refractivity contribution in [2.45, 2.75) is 18.4 Å². The molecule has 10 heteroatoms. The van der Waals surface area contributed by atoms with Crippen molar-refractivity contribution in [3.05, 3.63) is 60.7 Å². The third-order valence-corrected chi connectivity index (χ3v) is 5.38. The van der Waals surface area contributed by atoms with Crippen molar-refractivity contribution in [3.8, 4) is 5.75 Å². The molecule has 9 nitrogen and oxygen atoms in total. The number of ether oxygens (including phenoxy) is 1. The lowest BCUT2D eigenvalue weighted by Crippen LogP contribution is -2.13. The highest BCUT2D eigenvalue weighted by Gasteiger charge is 2.18. The van der Waals surface area contributed by atoms with Crippen molar-refractivity contribution in [1.29, 1.82) is 0 Å². The highest BCUT2D eigenvalue weighted by Crippen LogP contribution is 2.23. The first kappa shape index (κ1) is 18.0. The Morgan fingerprint density at radius 1 is 1.25 bits per heavy atom. The summed E-state index contributed by atoms with van der Waals surface area (Å²) < 4.78 is 40.4. The fraction of sp³-hybridized carbons (Fsp3) is 0.167. The number of benzene rings is 1. The normalized spacial score (nSPS) is 11.6. The Hall–Kier alpha value is -3.40. The maximum atomic E-state index is 12.7. The zero-order valence-corrected chi connectivity index (χ0v) is 15.8. The number of hydrogen-bond acceptors (Lipinski definition) is 7. The summed E-state index contributed by atoms with van der Waals surface area (Å²) in [5.74, 6) is 0.552. The molecule has 4 aromatic rings. The van der Waals surface area contributed by atoms with Crippen LogP contribution in [-0.4, -0.2) is 34.9 Å². The third-order valence-electron chi connectivity index (χ3n) is 4.03. The molecule has 0 fully saturated rings. The molecule has 0 aliphatic carbocycles. The Balaban J connectivity index is 1.48. The summed E-state index contributed by atoms with van der Waals surface area (Å²) in [5, 5.41) is 8.44. The van der Waals surface area contributed by atoms with E-state index in [1.807, 2.05) is 12.3 Å². The molecule has 3 heterocycles. The molecular formula is C18H17N5O4S. The minimum Gasteiger partial charge on any atom is -0.492 e. The first-order valence-corrected chi connectivity index (χ1v) is 9.95. The monoisotopic (exact) mass is 399 g/mol. The van der Waals surface area contributed by atoms with Gasteiger partial charge in [0.1, 0.15) is 17.3 Å². The van der Waals surface area contributed by atoms with Crippen LogP contribution in [0, 0.1) is 6.92 Å². The maximum absolute atomic E-state index is 12.7. The van der Waals surface area contributed by atoms with Gasteiger partial charge in [0.05, 0.1) is 29.5 Å². The van der Waals surface area contributed by atoms with Gasteiger partial charge in [0.2, 0.25) is 0 Å². The van der Waals surface area contributed by atoms with E-state index in [2.05, 4.69) is 20.0 Å². The second-order valence-corrected chi connectivity index (χ2v) is 7.73. The number of aryl methyl sites for hydroxylation is 1. The molecule has 1 aromatic carbocycles. The Kier molecular flexibility index (Phi) is 4.70. The molecule has 0 aliphatic heterocycles. The van der Waals surface area contributed by atoms with E-state index < -0.39 is 10.0 Å². The predicted octanol–water partition coefficient (Wildman–Crippen LogP) is 2.61. The summed E-state index contributed by atoms with van der Waals surface area (Å²) in [7, 11) is -3.82. The lowest BCUT2D eigenvalue weighted by molar-refractivity contribution is 0.291. The average molecular weight is 399 g/mol. The van der Waals surface area contributed by atoms with Crippen LogP contribution in [0.2, 0.25) is 0 Å². The van der Waals surface area contributed by atoms with Crippen LogP contribution in [0.3, 0.4) is 0 Å². The van der Waals surface area contributed by atoms with Crippen LogP contribution >= 0.6 is 0 Å². The fourth-order valence-electron chi connectivity index (χ4n) is 2.63. The number of pyridine rings is 1. The van der Waals surface area contributed by atoms with Gasteiger partial charge in [-0.2, -0.15) is 5.10 Å². The van der Waals surface area contributed by atoms with E-state index in [1.54, 1.807) is 42.1 Å². The minimum atomic E-state index is -3.82. The van der Waals surface area contributed by atoms with Gasteiger partial charge >= 0.3 is 0 Å². The largest absolute Gasteiger partial charge is 0.492 e. The van der Waals surface area contributed by atoms with Crippen LogP contribution in [0.5, 0.6) is 5.75 Å². The van der Waals surface area contributed by atoms with Crippen LogP contribution in [0.15, 0.2) is 64.4 Å². The van der Waals surface area contributed by atoms with Gasteiger partial charge in [-0.15, -0.1) is 0 Å². The number of rotatable bonds is 7. The summed E-state index contributed by atoms with van der Waals surface area (Å²) in [5.41, 5.74) is 1.26. The highest BCUT2D eigenvalue weighted by atomic mass is 32.2. The number of anilines is 1. The molecule has 0 saturated carbocycles. The average Bonchev–Trinajstić information content (AvgIpc) is 3.32. The van der Waals surface area contributed by atoms with E-state index in [0.717, 1.165) is 0 Å². The number of sulfonamides is 1. The van der Waals surface area contributed by atoms with Crippen LogP contribution in [0.4, 0.5) is 5.69 Å². The fourth-order valence-corrected chi connectivity index (χ4v) is 3.65. The SMILES string of the molecule is Cc1noc2ncc(S(=O)(=O)Nc3cccc(OCCn4cccn4)c3)cc12. The zero-order chi connectivity index (χ0) is 19.6. The molecule has 0 aliphatic rings. The van der Waals surface area contributed by atoms with Gasteiger partial charge in [0.15, 0.2) is 0 Å². The van der Waals surface area contributed by atoms with Crippen molar-refractivity contribution < 1.29 is 17.7 Å². The van der Waals surface area contributed by atoms with E-state index in [1.165, 1.54) is 12.3 Å². The molecule has 144 valence electrons. The molecule has 0 spiro atoms. The van der Waals surface area contributed by atoms with Gasteiger partial charge in [-0.05, 0) is 31.2 Å². The summed E-state index contributed by atoms with van der Waals surface area (Å²) in [6.45, 7) is 2.72. The smallest absolute Gasteiger partial charge is 0.263 e. The Bertz CT molecular complexity index is 1200. The van der Waals surface area contributed by atoms with Crippen molar-refractivity contribution in [2.75, 3.05) is 11.3 Å². The summed E-state index contributed by atoms with van der Waals surface area (Å²) in [4.78, 5) is 4.04. The van der Waals surface area contributed by atoms with Gasteiger partial charge < -0.3 is 9.26 Å². The van der Waals surface area contributed by atoms with Crippen LogP contribution in [0.25, 0.3) is 11.1 Å². The second-order valence-electron chi connectivity index (χ2n) is 6.04. The summed E-state index contributed by atoms with van der Waals surface area (Å²) >= 11 is 0. The van der Waals surface area contributed by atoms with E-state index >= 15 is 0 Å². The van der Waals surface area contributed by atoms with E-state index in [9.17, 15) is 8.42 Å². The molecule has 3 aromatic heterocycles. The van der Waals surface area contributed by atoms with Gasteiger partial charge in [0.25, 0.3) is 15.7 Å². The molecule has 28 heavy (non-hydrogen) atoms. The molecule has 0 atom stereocenters. The number of nitrogens with zero attached hydrogens (tertiary/aromatic N) is 4. The maximum Gasteiger partial charge on any atom is 0.263 e. The molecular weight excluding hydrogens is 382 g/mol. The molecule has 4 rings (SSSR count). The van der Waals surface area contributed by atoms with Crippen molar-refractivity contribution in [2.24, 2.45) is 0 Å². The van der Waals surface area contributed by atoms with E-state index in [4.69, 9.17) is 9.26 Å². The van der Waals surface area contributed by atoms with Crippen LogP contribution < -0.4 is 9.46 Å². The Morgan fingerprint density at radius 2 is 2.14 bits per heavy atom. The molecule has 0 amide bonds. The van der Waals surface area contributed by atoms with Gasteiger partial charge in [-0.25, -0.2) is 13.4 Å². The molecule has 0 radical (unpaired) electrons. The van der Waals surface area contributed by atoms with Crippen molar-refractivity contribution >= 4 is 26.8 Å². The van der Waals surface area contributed by atoms with Crippen LogP contribution in [0.1, 0.15) is 5.69 Å². The van der Waals surface area contributed by atoms with Crippen LogP contribution in [-0.2, 0) is 16.6 Å². The topological polar surface area (TPSA) is 112 Å². The number of hydrogen-bond donors (Lipinski definition) is 1. The Morgan fingerprint density at radius 3 is 2.96 bits per heavy atom. The van der Waals surface area contributed by atoms with Gasteiger partial charge in [0, 0.05) is 18.5 Å². The minimum absolute atomic E-state index is 0.0244. The number of fused-ring (bicyclic) bond motifs is 1. The van der Waals surface area contributed by atoms with E-state index in [-0.39, 0.29) is 4.90 Å². The third kappa shape index (κ3) is 3.81. The first-order valence-electron chi connectivity index (χ1n) is 8.46. The van der Waals surface area contributed by atoms with E-state index in [0.29, 0.717) is 41.4 Å². The zero-order valence-electron chi connectivity index (χ0n) is 14.9. The van der Waals surface area contributed by atoms with Gasteiger partial charge in [-0.1, -0.05) is 11.2 Å². The lowest BCUT2D eigenvalue weighted by Gasteiger charge is -2.10. The van der Waals surface area contributed by atoms with Crippen molar-refractivity contribution in [3.63, 3.8) is 0 Å². The summed E-state index contributed by atoms with van der Waals surface area (Å²) in [6, 6.07) is 10.1. The lowest BCUT2D eigenvalue weighted by atomic mass is 10.3. The number of nitrogens with one attached hydrogen (secondary N) is 1. The quantitative estimate of drug-likeness (QED) is 0.508. The molecule has 0 saturated heterocycles. The molecule has 0 unspecified atom stereocenters. The second kappa shape index (κ2) is 7.31.